The zero-order chi connectivity index (χ0) is 65.3. The van der Waals surface area contributed by atoms with Gasteiger partial charge in [0.15, 0.2) is 0 Å². The summed E-state index contributed by atoms with van der Waals surface area (Å²) in [6, 6.07) is 111. The van der Waals surface area contributed by atoms with Gasteiger partial charge < -0.3 is 18.0 Å². The Labute approximate surface area is 573 Å². The molecule has 4 heterocycles. The van der Waals surface area contributed by atoms with Crippen LogP contribution in [-0.2, 0) is 0 Å². The summed E-state index contributed by atoms with van der Waals surface area (Å²) in [6.07, 6.45) is 8.64. The van der Waals surface area contributed by atoms with Crippen molar-refractivity contribution < 1.29 is 18.0 Å². The van der Waals surface area contributed by atoms with Crippen LogP contribution in [0.1, 0.15) is 11.5 Å². The normalized spacial score (nSPS) is 14.4. The lowest BCUT2D eigenvalue weighted by molar-refractivity contribution is 0.269. The van der Waals surface area contributed by atoms with Gasteiger partial charge in [0.2, 0.25) is 0 Å². The number of benzene rings is 17. The molecule has 0 fully saturated rings. The Hall–Kier alpha value is -13.0. The highest BCUT2D eigenvalue weighted by Crippen LogP contribution is 2.53. The molecule has 2 atom stereocenters. The summed E-state index contributed by atoms with van der Waals surface area (Å²) < 4.78 is 26.0. The van der Waals surface area contributed by atoms with Crippen LogP contribution in [0, 0.1) is 0 Å². The molecule has 2 unspecified atom stereocenters. The Kier molecular flexibility index (Phi) is 11.7. The fourth-order valence-electron chi connectivity index (χ4n) is 17.4. The highest BCUT2D eigenvalue weighted by atomic mass is 16.5. The predicted octanol–water partition coefficient (Wildman–Crippen LogP) is 26.9. The Balaban J connectivity index is 0.595. The van der Waals surface area contributed by atoms with Crippen molar-refractivity contribution in [2.45, 2.75) is 12.0 Å². The minimum atomic E-state index is -0.0130. The van der Waals surface area contributed by atoms with Gasteiger partial charge in [0.05, 0.1) is 0 Å². The fourth-order valence-corrected chi connectivity index (χ4v) is 17.4. The molecule has 0 bridgehead atoms. The standard InChI is InChI=1S/C96H56O4/c1-2-18-65-60(16-1)51-64(91-70-21-5-3-19-68(70)89(69-20-4-6-22-71(69)91)62-41-44-83-79(52-62)95-87(99-83)48-46-85-93(95)76-27-11-13-30-81(76)97-85)54-78(65)58-38-36-56(37-39-58)55-32-34-57(35-33-55)59-40-43-66-61(50-59)17-15-29-67(66)92-74-25-9-7-23-72(74)90(73-24-8-10-26-75(73)92)63-42-45-84-80(53-63)96-88(100-84)49-47-86-94(96)77-28-12-14-31-82(77)98-86/h1-54,76,81H. The van der Waals surface area contributed by atoms with Crippen LogP contribution < -0.4 is 4.74 Å². The first-order chi connectivity index (χ1) is 49.6. The minimum absolute atomic E-state index is 0.0130. The van der Waals surface area contributed by atoms with Crippen LogP contribution >= 0.6 is 0 Å². The maximum absolute atomic E-state index is 6.60. The molecule has 4 heteroatoms. The van der Waals surface area contributed by atoms with Crippen molar-refractivity contribution in [3.05, 3.63) is 333 Å². The van der Waals surface area contributed by atoms with Crippen molar-refractivity contribution in [1.29, 1.82) is 0 Å². The second-order valence-corrected chi connectivity index (χ2v) is 27.1. The van der Waals surface area contributed by atoms with Crippen LogP contribution in [0.25, 0.3) is 208 Å². The number of fused-ring (bicyclic) bond motifs is 20. The van der Waals surface area contributed by atoms with Gasteiger partial charge in [-0.2, -0.15) is 0 Å². The van der Waals surface area contributed by atoms with Crippen molar-refractivity contribution in [3.8, 4) is 83.6 Å². The molecule has 0 spiro atoms. The molecule has 1 aliphatic heterocycles. The number of rotatable bonds is 7. The molecule has 1 aliphatic carbocycles. The highest BCUT2D eigenvalue weighted by molar-refractivity contribution is 6.29. The summed E-state index contributed by atoms with van der Waals surface area (Å²) in [5.74, 6) is 1.07. The van der Waals surface area contributed by atoms with E-state index in [-0.39, 0.29) is 12.0 Å². The summed E-state index contributed by atoms with van der Waals surface area (Å²) in [4.78, 5) is 0. The second kappa shape index (κ2) is 21.2. The molecule has 0 radical (unpaired) electrons. The van der Waals surface area contributed by atoms with Gasteiger partial charge in [-0.3, -0.25) is 0 Å². The van der Waals surface area contributed by atoms with E-state index in [0.29, 0.717) is 0 Å². The van der Waals surface area contributed by atoms with E-state index >= 15 is 0 Å². The van der Waals surface area contributed by atoms with Crippen molar-refractivity contribution in [2.24, 2.45) is 0 Å². The van der Waals surface area contributed by atoms with E-state index < -0.39 is 0 Å². The quantitative estimate of drug-likeness (QED) is 0.149. The molecule has 464 valence electrons. The molecule has 0 amide bonds. The van der Waals surface area contributed by atoms with Gasteiger partial charge in [-0.05, 0) is 221 Å². The summed E-state index contributed by atoms with van der Waals surface area (Å²) in [6.45, 7) is 0. The van der Waals surface area contributed by atoms with E-state index in [4.69, 9.17) is 18.0 Å². The van der Waals surface area contributed by atoms with E-state index in [1.165, 1.54) is 137 Å². The first-order valence-electron chi connectivity index (χ1n) is 34.5. The molecule has 20 aromatic rings. The van der Waals surface area contributed by atoms with Crippen LogP contribution in [0.5, 0.6) is 5.75 Å². The van der Waals surface area contributed by atoms with Crippen molar-refractivity contribution in [2.75, 3.05) is 0 Å². The van der Waals surface area contributed by atoms with Crippen molar-refractivity contribution in [3.63, 3.8) is 0 Å². The van der Waals surface area contributed by atoms with Crippen molar-refractivity contribution in [1.82, 2.24) is 0 Å². The zero-order valence-corrected chi connectivity index (χ0v) is 54.0. The van der Waals surface area contributed by atoms with Crippen molar-refractivity contribution >= 4 is 130 Å². The smallest absolute Gasteiger partial charge is 0.136 e. The van der Waals surface area contributed by atoms with Gasteiger partial charge in [-0.25, -0.2) is 0 Å². The van der Waals surface area contributed by atoms with Gasteiger partial charge in [0, 0.05) is 43.8 Å². The third-order valence-electron chi connectivity index (χ3n) is 21.8. The molecule has 100 heavy (non-hydrogen) atoms. The molecular weight excluding hydrogens is 1220 g/mol. The third kappa shape index (κ3) is 8.16. The van der Waals surface area contributed by atoms with Crippen LogP contribution in [0.4, 0.5) is 0 Å². The molecule has 0 saturated heterocycles. The van der Waals surface area contributed by atoms with E-state index in [1.807, 2.05) is 24.3 Å². The maximum Gasteiger partial charge on any atom is 0.136 e. The van der Waals surface area contributed by atoms with Gasteiger partial charge >= 0.3 is 0 Å². The summed E-state index contributed by atoms with van der Waals surface area (Å²) in [5, 5.41) is 21.1. The van der Waals surface area contributed by atoms with E-state index in [0.717, 1.165) is 82.7 Å². The largest absolute Gasteiger partial charge is 0.485 e. The monoisotopic (exact) mass is 1270 g/mol. The van der Waals surface area contributed by atoms with Gasteiger partial charge in [-0.15, -0.1) is 0 Å². The molecule has 4 nitrogen and oxygen atoms in total. The average Bonchev–Trinajstić information content (AvgIpc) is 1.73. The Morgan fingerprint density at radius 3 is 1.22 bits per heavy atom. The number of para-hydroxylation sites is 1. The van der Waals surface area contributed by atoms with Gasteiger partial charge in [0.1, 0.15) is 45.4 Å². The first kappa shape index (κ1) is 55.1. The number of hydrogen-bond acceptors (Lipinski definition) is 4. The fraction of sp³-hybridized carbons (Fsp3) is 0.0208. The molecular formula is C96H56O4. The topological polar surface area (TPSA) is 48.7 Å². The first-order valence-corrected chi connectivity index (χ1v) is 34.5. The molecule has 0 N–H and O–H groups in total. The summed E-state index contributed by atoms with van der Waals surface area (Å²) in [5.41, 5.74) is 23.1. The molecule has 3 aromatic heterocycles. The van der Waals surface area contributed by atoms with Crippen LogP contribution in [0.2, 0.25) is 0 Å². The predicted molar refractivity (Wildman–Crippen MR) is 417 cm³/mol. The molecule has 2 aliphatic rings. The zero-order valence-electron chi connectivity index (χ0n) is 54.0. The lowest BCUT2D eigenvalue weighted by Gasteiger charge is -2.19. The number of ether oxygens (including phenoxy) is 1. The number of furan rings is 3. The average molecular weight is 1270 g/mol. The molecule has 0 saturated carbocycles. The van der Waals surface area contributed by atoms with Crippen LogP contribution in [0.15, 0.2) is 341 Å². The second-order valence-electron chi connectivity index (χ2n) is 27.1. The molecule has 22 rings (SSSR count). The lowest BCUT2D eigenvalue weighted by Crippen LogP contribution is -2.15. The Bertz CT molecular complexity index is 6880. The van der Waals surface area contributed by atoms with Gasteiger partial charge in [-0.1, -0.05) is 249 Å². The van der Waals surface area contributed by atoms with E-state index in [2.05, 4.69) is 303 Å². The maximum atomic E-state index is 6.60. The summed E-state index contributed by atoms with van der Waals surface area (Å²) in [7, 11) is 0. The van der Waals surface area contributed by atoms with Crippen LogP contribution in [-0.4, -0.2) is 6.10 Å². The Morgan fingerprint density at radius 1 is 0.220 bits per heavy atom. The highest BCUT2D eigenvalue weighted by Gasteiger charge is 2.35. The SMILES string of the molecule is C1=CC2Oc3ccc4oc5ccc(-c6c7ccccc7c(-c7cc(-c8ccc(-c9ccc(-c%10ccc%11c(-c%12c%13ccccc%13c(-c%13ccc%14oc%15ccc%16oc%17ccccc%17c%16c%15c%14c%13)c%13ccccc%12%13)cccc%11c%10)cc9)cc8)c8ccccc8c7)c7ccccc67)cc5c4c3C2C=C1. The third-order valence-corrected chi connectivity index (χ3v) is 21.8. The van der Waals surface area contributed by atoms with E-state index in [9.17, 15) is 0 Å². The lowest BCUT2D eigenvalue weighted by atomic mass is 9.84. The number of allylic oxidation sites excluding steroid dienone is 2. The van der Waals surface area contributed by atoms with E-state index in [1.54, 1.807) is 0 Å². The molecule has 17 aromatic carbocycles. The van der Waals surface area contributed by atoms with Gasteiger partial charge in [0.25, 0.3) is 0 Å². The number of hydrogen-bond donors (Lipinski definition) is 0. The Morgan fingerprint density at radius 2 is 0.620 bits per heavy atom. The van der Waals surface area contributed by atoms with Crippen LogP contribution in [0.3, 0.4) is 0 Å². The summed E-state index contributed by atoms with van der Waals surface area (Å²) >= 11 is 0. The minimum Gasteiger partial charge on any atom is -0.485 e.